The number of fused-ring (bicyclic) bond motifs is 1. The molecule has 8 nitrogen and oxygen atoms in total. The molecule has 0 spiro atoms. The van der Waals surface area contributed by atoms with E-state index in [-0.39, 0.29) is 5.91 Å². The zero-order chi connectivity index (χ0) is 23.7. The first-order chi connectivity index (χ1) is 16.5. The first-order valence-electron chi connectivity index (χ1n) is 10.7. The van der Waals surface area contributed by atoms with Gasteiger partial charge in [0, 0.05) is 30.9 Å². The van der Waals surface area contributed by atoms with E-state index in [0.29, 0.717) is 28.7 Å². The van der Waals surface area contributed by atoms with Gasteiger partial charge in [-0.1, -0.05) is 36.4 Å². The Morgan fingerprint density at radius 1 is 0.941 bits per heavy atom. The molecule has 2 aromatic heterocycles. The molecule has 5 rings (SSSR count). The van der Waals surface area contributed by atoms with Crippen LogP contribution in [0.2, 0.25) is 0 Å². The number of rotatable bonds is 5. The zero-order valence-electron chi connectivity index (χ0n) is 18.4. The Balaban J connectivity index is 1.41. The van der Waals surface area contributed by atoms with Gasteiger partial charge in [-0.25, -0.2) is 14.0 Å². The highest BCUT2D eigenvalue weighted by Crippen LogP contribution is 2.15. The van der Waals surface area contributed by atoms with E-state index in [0.717, 1.165) is 15.8 Å². The molecule has 5 aromatic rings. The maximum Gasteiger partial charge on any atom is 0.333 e. The Labute approximate surface area is 194 Å². The lowest BCUT2D eigenvalue weighted by Crippen LogP contribution is -2.33. The summed E-state index contributed by atoms with van der Waals surface area (Å²) < 4.78 is 2.84. The number of nitrogens with one attached hydrogen (secondary N) is 1. The van der Waals surface area contributed by atoms with Crippen molar-refractivity contribution < 1.29 is 4.79 Å². The van der Waals surface area contributed by atoms with Gasteiger partial charge in [-0.15, -0.1) is 0 Å². The summed E-state index contributed by atoms with van der Waals surface area (Å²) in [6.07, 6.45) is 3.60. The number of hydrogen-bond donors (Lipinski definition) is 1. The van der Waals surface area contributed by atoms with Crippen molar-refractivity contribution >= 4 is 16.8 Å². The minimum atomic E-state index is -0.560. The van der Waals surface area contributed by atoms with Crippen LogP contribution >= 0.6 is 0 Å². The maximum atomic E-state index is 13.1. The van der Waals surface area contributed by atoms with E-state index in [1.165, 1.54) is 0 Å². The summed E-state index contributed by atoms with van der Waals surface area (Å²) in [6.45, 7) is 0.357. The number of amides is 1. The van der Waals surface area contributed by atoms with Gasteiger partial charge in [0.15, 0.2) is 0 Å². The number of H-pyrrole nitrogens is 1. The molecule has 0 aliphatic heterocycles. The average Bonchev–Trinajstić information content (AvgIpc) is 3.33. The summed E-state index contributed by atoms with van der Waals surface area (Å²) in [5.41, 5.74) is 1.98. The lowest BCUT2D eigenvalue weighted by Gasteiger charge is -2.16. The molecule has 0 aliphatic rings. The van der Waals surface area contributed by atoms with Gasteiger partial charge in [0.2, 0.25) is 0 Å². The minimum Gasteiger partial charge on any atom is -0.337 e. The van der Waals surface area contributed by atoms with Crippen LogP contribution in [-0.4, -0.2) is 37.2 Å². The van der Waals surface area contributed by atoms with Gasteiger partial charge in [-0.3, -0.25) is 9.59 Å². The number of carbonyl (C=O) groups excluding carboxylic acids is 1. The Hall–Kier alpha value is -4.72. The van der Waals surface area contributed by atoms with Crippen molar-refractivity contribution in [3.8, 4) is 11.4 Å². The molecule has 0 radical (unpaired) electrons. The van der Waals surface area contributed by atoms with Crippen LogP contribution in [0.4, 0.5) is 0 Å². The Bertz CT molecular complexity index is 1600. The van der Waals surface area contributed by atoms with Crippen LogP contribution in [0.3, 0.4) is 0 Å². The third-order valence-electron chi connectivity index (χ3n) is 5.58. The SMILES string of the molecule is CN(Cc1cnn(-c2ccccc2)c1)C(=O)c1ccc2c(=O)n(-c3ccccc3)c(=O)[nH]c2c1. The summed E-state index contributed by atoms with van der Waals surface area (Å²) >= 11 is 0. The molecule has 0 atom stereocenters. The number of benzene rings is 3. The molecule has 2 heterocycles. The maximum absolute atomic E-state index is 13.1. The van der Waals surface area contributed by atoms with E-state index < -0.39 is 11.2 Å². The number of para-hydroxylation sites is 2. The topological polar surface area (TPSA) is 93.0 Å². The third kappa shape index (κ3) is 3.93. The van der Waals surface area contributed by atoms with Crippen LogP contribution in [0, 0.1) is 0 Å². The van der Waals surface area contributed by atoms with Crippen LogP contribution in [0.15, 0.2) is 101 Å². The second-order valence-corrected chi connectivity index (χ2v) is 7.96. The molecule has 34 heavy (non-hydrogen) atoms. The summed E-state index contributed by atoms with van der Waals surface area (Å²) in [5, 5.41) is 4.69. The molecule has 8 heteroatoms. The highest BCUT2D eigenvalue weighted by molar-refractivity contribution is 5.97. The second-order valence-electron chi connectivity index (χ2n) is 7.96. The van der Waals surface area contributed by atoms with Gasteiger partial charge in [-0.05, 0) is 42.5 Å². The lowest BCUT2D eigenvalue weighted by atomic mass is 10.1. The fourth-order valence-electron chi connectivity index (χ4n) is 3.89. The van der Waals surface area contributed by atoms with E-state index in [2.05, 4.69) is 10.1 Å². The number of hydrogen-bond acceptors (Lipinski definition) is 4. The molecule has 0 bridgehead atoms. The molecule has 3 aromatic carbocycles. The molecule has 0 saturated heterocycles. The van der Waals surface area contributed by atoms with Crippen molar-refractivity contribution in [1.82, 2.24) is 24.2 Å². The van der Waals surface area contributed by atoms with Crippen molar-refractivity contribution in [2.45, 2.75) is 6.54 Å². The van der Waals surface area contributed by atoms with Crippen LogP contribution in [0.5, 0.6) is 0 Å². The molecular weight excluding hydrogens is 430 g/mol. The van der Waals surface area contributed by atoms with Gasteiger partial charge in [0.1, 0.15) is 0 Å². The predicted octanol–water partition coefficient (Wildman–Crippen LogP) is 3.14. The molecule has 0 unspecified atom stereocenters. The van der Waals surface area contributed by atoms with Crippen LogP contribution in [0.25, 0.3) is 22.3 Å². The van der Waals surface area contributed by atoms with Crippen molar-refractivity contribution in [2.24, 2.45) is 0 Å². The van der Waals surface area contributed by atoms with Gasteiger partial charge < -0.3 is 9.88 Å². The molecule has 0 aliphatic carbocycles. The first kappa shape index (κ1) is 21.1. The van der Waals surface area contributed by atoms with Gasteiger partial charge in [0.05, 0.1) is 28.5 Å². The summed E-state index contributed by atoms with van der Waals surface area (Å²) in [6, 6.07) is 23.1. The number of nitrogens with zero attached hydrogens (tertiary/aromatic N) is 4. The third-order valence-corrected chi connectivity index (χ3v) is 5.58. The quantitative estimate of drug-likeness (QED) is 0.444. The van der Waals surface area contributed by atoms with Crippen molar-refractivity contribution in [1.29, 1.82) is 0 Å². The lowest BCUT2D eigenvalue weighted by molar-refractivity contribution is 0.0785. The number of aromatic amines is 1. The number of carbonyl (C=O) groups is 1. The highest BCUT2D eigenvalue weighted by atomic mass is 16.2. The fraction of sp³-hybridized carbons (Fsp3) is 0.0769. The van der Waals surface area contributed by atoms with Crippen molar-refractivity contribution in [2.75, 3.05) is 7.05 Å². The summed E-state index contributed by atoms with van der Waals surface area (Å²) in [5.74, 6) is -0.234. The first-order valence-corrected chi connectivity index (χ1v) is 10.7. The Morgan fingerprint density at radius 2 is 1.62 bits per heavy atom. The number of aromatic nitrogens is 4. The summed E-state index contributed by atoms with van der Waals surface area (Å²) in [4.78, 5) is 42.9. The van der Waals surface area contributed by atoms with E-state index in [1.807, 2.05) is 42.6 Å². The molecule has 168 valence electrons. The van der Waals surface area contributed by atoms with E-state index in [9.17, 15) is 14.4 Å². The molecule has 0 fully saturated rings. The normalized spacial score (nSPS) is 11.0. The zero-order valence-corrected chi connectivity index (χ0v) is 18.4. The average molecular weight is 451 g/mol. The van der Waals surface area contributed by atoms with Gasteiger partial charge >= 0.3 is 5.69 Å². The summed E-state index contributed by atoms with van der Waals surface area (Å²) in [7, 11) is 1.70. The monoisotopic (exact) mass is 451 g/mol. The van der Waals surface area contributed by atoms with E-state index in [4.69, 9.17) is 0 Å². The van der Waals surface area contributed by atoms with Crippen molar-refractivity contribution in [3.05, 3.63) is 123 Å². The minimum absolute atomic E-state index is 0.234. The molecular formula is C26H21N5O3. The Kier molecular flexibility index (Phi) is 5.39. The van der Waals surface area contributed by atoms with Crippen LogP contribution in [0.1, 0.15) is 15.9 Å². The standard InChI is InChI=1S/C26H21N5O3/c1-29(16-18-15-27-30(17-18)20-8-4-2-5-9-20)24(32)19-12-13-22-23(14-19)28-26(34)31(25(22)33)21-10-6-3-7-11-21/h2-15,17H,16H2,1H3,(H,28,34). The van der Waals surface area contributed by atoms with E-state index in [1.54, 1.807) is 65.3 Å². The smallest absolute Gasteiger partial charge is 0.333 e. The molecule has 1 N–H and O–H groups in total. The predicted molar refractivity (Wildman–Crippen MR) is 130 cm³/mol. The molecule has 0 saturated carbocycles. The second kappa shape index (κ2) is 8.67. The highest BCUT2D eigenvalue weighted by Gasteiger charge is 2.16. The van der Waals surface area contributed by atoms with E-state index >= 15 is 0 Å². The van der Waals surface area contributed by atoms with Gasteiger partial charge in [-0.2, -0.15) is 5.10 Å². The van der Waals surface area contributed by atoms with Crippen LogP contribution in [-0.2, 0) is 6.54 Å². The largest absolute Gasteiger partial charge is 0.337 e. The fourth-order valence-corrected chi connectivity index (χ4v) is 3.89. The van der Waals surface area contributed by atoms with Crippen molar-refractivity contribution in [3.63, 3.8) is 0 Å². The van der Waals surface area contributed by atoms with Gasteiger partial charge in [0.25, 0.3) is 11.5 Å². The van der Waals surface area contributed by atoms with Crippen LogP contribution < -0.4 is 11.2 Å². The Morgan fingerprint density at radius 3 is 2.32 bits per heavy atom. The molecule has 1 amide bonds.